The fourth-order valence-electron chi connectivity index (χ4n) is 7.61. The number of aryl methyl sites for hydroxylation is 1. The van der Waals surface area contributed by atoms with E-state index in [1.807, 2.05) is 19.1 Å². The highest BCUT2D eigenvalue weighted by atomic mass is 15.3. The van der Waals surface area contributed by atoms with Gasteiger partial charge in [-0.2, -0.15) is 5.10 Å². The second kappa shape index (κ2) is 17.1. The predicted octanol–water partition coefficient (Wildman–Crippen LogP) is 11.4. The molecule has 5 rings (SSSR count). The van der Waals surface area contributed by atoms with Gasteiger partial charge < -0.3 is 5.73 Å². The van der Waals surface area contributed by atoms with Crippen molar-refractivity contribution in [3.8, 4) is 0 Å². The van der Waals surface area contributed by atoms with Crippen LogP contribution in [0.2, 0.25) is 0 Å². The fourth-order valence-corrected chi connectivity index (χ4v) is 7.61. The van der Waals surface area contributed by atoms with Gasteiger partial charge in [0.15, 0.2) is 0 Å². The van der Waals surface area contributed by atoms with Gasteiger partial charge in [-0.25, -0.2) is 0 Å². The molecule has 52 heavy (non-hydrogen) atoms. The van der Waals surface area contributed by atoms with E-state index >= 15 is 0 Å². The van der Waals surface area contributed by atoms with Crippen molar-refractivity contribution in [3.05, 3.63) is 113 Å². The minimum atomic E-state index is 0.0470. The van der Waals surface area contributed by atoms with Gasteiger partial charge in [-0.15, -0.1) is 0 Å². The van der Waals surface area contributed by atoms with Crippen LogP contribution in [0, 0.1) is 46.8 Å². The van der Waals surface area contributed by atoms with E-state index < -0.39 is 0 Å². The largest absolute Gasteiger partial charge is 0.333 e. The Hall–Kier alpha value is -4.16. The number of hydrazone groups is 1. The zero-order chi connectivity index (χ0) is 39.1. The molecule has 0 radical (unpaired) electrons. The molecule has 3 aliphatic carbocycles. The van der Waals surface area contributed by atoms with Crippen LogP contribution in [0.3, 0.4) is 0 Å². The van der Waals surface area contributed by atoms with E-state index in [9.17, 15) is 0 Å². The van der Waals surface area contributed by atoms with E-state index in [-0.39, 0.29) is 22.3 Å². The van der Waals surface area contributed by atoms with E-state index in [1.165, 1.54) is 78.6 Å². The van der Waals surface area contributed by atoms with Gasteiger partial charge in [0.25, 0.3) is 0 Å². The molecule has 2 saturated carbocycles. The summed E-state index contributed by atoms with van der Waals surface area (Å²) in [7, 11) is 1.50. The highest BCUT2D eigenvalue weighted by Gasteiger charge is 2.54. The molecule has 280 valence electrons. The Morgan fingerprint density at radius 2 is 1.52 bits per heavy atom. The molecule has 0 amide bonds. The first kappa shape index (κ1) is 42.3. The van der Waals surface area contributed by atoms with Crippen LogP contribution in [-0.2, 0) is 17.3 Å². The summed E-state index contributed by atoms with van der Waals surface area (Å²) in [5.74, 6) is 0.644. The third kappa shape index (κ3) is 10.2. The number of benzene rings is 2. The first-order valence-electron chi connectivity index (χ1n) is 18.9. The molecule has 6 N–H and O–H groups in total. The highest BCUT2D eigenvalue weighted by Crippen LogP contribution is 2.61. The molecule has 0 bridgehead atoms. The second-order valence-electron chi connectivity index (χ2n) is 17.1. The number of anilines is 1. The van der Waals surface area contributed by atoms with Crippen molar-refractivity contribution in [2.75, 3.05) is 12.5 Å². The van der Waals surface area contributed by atoms with Gasteiger partial charge in [0.1, 0.15) is 5.71 Å². The van der Waals surface area contributed by atoms with Crippen LogP contribution in [0.4, 0.5) is 5.69 Å². The minimum Gasteiger partial charge on any atom is -0.333 e. The lowest BCUT2D eigenvalue weighted by molar-refractivity contribution is 0.173. The van der Waals surface area contributed by atoms with Crippen LogP contribution in [-0.4, -0.2) is 29.9 Å². The maximum Gasteiger partial charge on any atom is 0.108 e. The van der Waals surface area contributed by atoms with Gasteiger partial charge in [0.05, 0.1) is 22.8 Å². The first-order chi connectivity index (χ1) is 24.3. The van der Waals surface area contributed by atoms with E-state index in [0.717, 1.165) is 12.1 Å². The summed E-state index contributed by atoms with van der Waals surface area (Å²) in [5.41, 5.74) is 19.6. The molecule has 3 aliphatic rings. The number of hydrogen-bond donors (Lipinski definition) is 5. The normalized spacial score (nSPS) is 20.0. The third-order valence-corrected chi connectivity index (χ3v) is 11.8. The summed E-state index contributed by atoms with van der Waals surface area (Å²) >= 11 is 0. The molecule has 1 atom stereocenters. The van der Waals surface area contributed by atoms with Gasteiger partial charge in [0, 0.05) is 0 Å². The molecule has 0 spiro atoms. The fraction of sp³-hybridized carbons (Fsp3) is 0.478. The van der Waals surface area contributed by atoms with Gasteiger partial charge in [-0.1, -0.05) is 97.5 Å². The second-order valence-corrected chi connectivity index (χ2v) is 17.1. The molecular formula is C46H66N6. The standard InChI is InChI=1S/C39H55N3.C6H6N2.CH5N/c1-12-14-33(32(40)13-2)41-42-34-24-31(38(9,10)35-25-37(35,7)8)23-29(27(34)4)21-28-22-30(16-15-26(28)3)39(11)19-17-36(5,6)18-20-39;7-5-3-1-2-4-6(5)8;1-2/h12-16,22-24,35,40,42H,2,17-21,25H2,1,3-11H3;1-4,7-8H;2H2,1H3/b14-12-,40-32?,41-33-;;. The van der Waals surface area contributed by atoms with Crippen molar-refractivity contribution in [2.45, 2.75) is 119 Å². The monoisotopic (exact) mass is 703 g/mol. The molecule has 6 nitrogen and oxygen atoms in total. The number of nitrogens with two attached hydrogens (primary N) is 1. The molecule has 6 heteroatoms. The maximum atomic E-state index is 8.28. The van der Waals surface area contributed by atoms with E-state index in [1.54, 1.807) is 24.3 Å². The molecule has 0 aromatic heterocycles. The Kier molecular flexibility index (Phi) is 13.9. The lowest BCUT2D eigenvalue weighted by Crippen LogP contribution is -2.32. The zero-order valence-electron chi connectivity index (χ0n) is 34.0. The van der Waals surface area contributed by atoms with Crippen molar-refractivity contribution >= 4 is 28.5 Å². The molecule has 2 aromatic rings. The lowest BCUT2D eigenvalue weighted by Gasteiger charge is -2.42. The summed E-state index contributed by atoms with van der Waals surface area (Å²) in [5, 5.41) is 27.0. The van der Waals surface area contributed by atoms with Crippen LogP contribution in [0.1, 0.15) is 121 Å². The Labute approximate surface area is 315 Å². The van der Waals surface area contributed by atoms with E-state index in [2.05, 4.69) is 115 Å². The van der Waals surface area contributed by atoms with Crippen LogP contribution >= 0.6 is 0 Å². The minimum absolute atomic E-state index is 0.0470. The number of hydrogen-bond acceptors (Lipinski definition) is 6. The average molecular weight is 703 g/mol. The number of rotatable bonds is 10. The quantitative estimate of drug-likeness (QED) is 0.0961. The molecule has 0 aliphatic heterocycles. The molecular weight excluding hydrogens is 637 g/mol. The third-order valence-electron chi connectivity index (χ3n) is 11.8. The highest BCUT2D eigenvalue weighted by molar-refractivity contribution is 6.49. The van der Waals surface area contributed by atoms with Crippen molar-refractivity contribution in [1.82, 2.24) is 0 Å². The van der Waals surface area contributed by atoms with Crippen molar-refractivity contribution in [2.24, 2.45) is 27.6 Å². The van der Waals surface area contributed by atoms with Gasteiger partial charge >= 0.3 is 0 Å². The number of allylic oxidation sites excluding steroid dienone is 7. The molecule has 2 aromatic carbocycles. The Balaban J connectivity index is 0.000000635. The number of nitrogens with zero attached hydrogens (tertiary/aromatic N) is 1. The Morgan fingerprint density at radius 3 is 2.02 bits per heavy atom. The Bertz CT molecular complexity index is 1750. The summed E-state index contributed by atoms with van der Waals surface area (Å²) in [6.45, 7) is 27.1. The van der Waals surface area contributed by atoms with Crippen LogP contribution in [0.5, 0.6) is 0 Å². The first-order valence-corrected chi connectivity index (χ1v) is 18.9. The average Bonchev–Trinajstić information content (AvgIpc) is 3.77. The molecule has 0 saturated heterocycles. The summed E-state index contributed by atoms with van der Waals surface area (Å²) < 4.78 is 0. The zero-order valence-corrected chi connectivity index (χ0v) is 34.0. The summed E-state index contributed by atoms with van der Waals surface area (Å²) in [4.78, 5) is 0. The maximum absolute atomic E-state index is 8.28. The summed E-state index contributed by atoms with van der Waals surface area (Å²) in [6.07, 6.45) is 19.2. The van der Waals surface area contributed by atoms with E-state index in [0.29, 0.717) is 28.2 Å². The van der Waals surface area contributed by atoms with Crippen LogP contribution < -0.4 is 11.2 Å². The van der Waals surface area contributed by atoms with Gasteiger partial charge in [-0.3, -0.25) is 21.7 Å². The summed E-state index contributed by atoms with van der Waals surface area (Å²) in [6, 6.07) is 12.0. The molecule has 0 heterocycles. The number of nitrogens with one attached hydrogen (secondary N) is 4. The van der Waals surface area contributed by atoms with Gasteiger partial charge in [0.2, 0.25) is 0 Å². The topological polar surface area (TPSA) is 122 Å². The Morgan fingerprint density at radius 1 is 0.942 bits per heavy atom. The van der Waals surface area contributed by atoms with Crippen LogP contribution in [0.15, 0.2) is 84.5 Å². The van der Waals surface area contributed by atoms with Crippen LogP contribution in [0.25, 0.3) is 0 Å². The predicted molar refractivity (Wildman–Crippen MR) is 227 cm³/mol. The van der Waals surface area contributed by atoms with Gasteiger partial charge in [-0.05, 0) is 158 Å². The smallest absolute Gasteiger partial charge is 0.108 e. The lowest BCUT2D eigenvalue weighted by atomic mass is 9.63. The molecule has 2 fully saturated rings. The van der Waals surface area contributed by atoms with E-state index in [4.69, 9.17) is 16.2 Å². The SMILES string of the molecule is C=CC(=N)C(/C=C\C)=N\Nc1cc(C(C)(C)C2CC2(C)C)cc(Cc2cc(C3(C)CCC(C)(C)CC3)ccc2C)c1C.CN.N=C1C=CC=CC1=N. The van der Waals surface area contributed by atoms with Crippen molar-refractivity contribution < 1.29 is 0 Å². The van der Waals surface area contributed by atoms with Crippen molar-refractivity contribution in [1.29, 1.82) is 16.2 Å². The van der Waals surface area contributed by atoms with Crippen molar-refractivity contribution in [3.63, 3.8) is 0 Å². The molecule has 1 unspecified atom stereocenters.